The lowest BCUT2D eigenvalue weighted by Gasteiger charge is -2.12. The normalized spacial score (nSPS) is 11.3. The fourth-order valence-corrected chi connectivity index (χ4v) is 1.24. The maximum Gasteiger partial charge on any atom is 0.234 e. The minimum atomic E-state index is 0.113. The van der Waals surface area contributed by atoms with Crippen LogP contribution >= 0.6 is 0 Å². The number of unbranched alkanes of at least 4 members (excludes halogenated alkanes) is 1. The van der Waals surface area contributed by atoms with Gasteiger partial charge in [-0.25, -0.2) is 19.6 Å². The highest BCUT2D eigenvalue weighted by Crippen LogP contribution is 2.08. The summed E-state index contributed by atoms with van der Waals surface area (Å²) in [4.78, 5) is 26.5. The second kappa shape index (κ2) is 10.8. The third kappa shape index (κ3) is 9.03. The second-order valence-electron chi connectivity index (χ2n) is 3.09. The number of hydrogen-bond acceptors (Lipinski definition) is 5. The fraction of sp³-hybridized carbons (Fsp3) is 0.800. The summed E-state index contributed by atoms with van der Waals surface area (Å²) in [6.45, 7) is 0.973. The molecule has 0 bridgehead atoms. The number of methoxy groups -OCH3 is 1. The molecular weight excluding hydrogens is 196 g/mol. The van der Waals surface area contributed by atoms with Crippen molar-refractivity contribution in [2.45, 2.75) is 31.8 Å². The van der Waals surface area contributed by atoms with Crippen molar-refractivity contribution in [1.29, 1.82) is 0 Å². The second-order valence-corrected chi connectivity index (χ2v) is 3.09. The van der Waals surface area contributed by atoms with Crippen molar-refractivity contribution >= 4 is 12.2 Å². The molecule has 0 saturated carbocycles. The Morgan fingerprint density at radius 1 is 1.07 bits per heavy atom. The lowest BCUT2D eigenvalue weighted by atomic mass is 10.1. The predicted molar refractivity (Wildman–Crippen MR) is 55.2 cm³/mol. The molecule has 15 heavy (non-hydrogen) atoms. The van der Waals surface area contributed by atoms with Gasteiger partial charge < -0.3 is 4.74 Å². The first-order chi connectivity index (χ1) is 7.35. The van der Waals surface area contributed by atoms with Crippen molar-refractivity contribution in [1.82, 2.24) is 0 Å². The SMILES string of the molecule is COC(CCCCN=C=O)CCN=C=O. The molecule has 5 nitrogen and oxygen atoms in total. The van der Waals surface area contributed by atoms with E-state index in [2.05, 4.69) is 9.98 Å². The standard InChI is InChI=1S/C10H16N2O3/c1-15-10(5-7-12-9-14)4-2-3-6-11-8-13/h10H,2-7H2,1H3. The molecule has 0 rings (SSSR count). The first kappa shape index (κ1) is 13.7. The summed E-state index contributed by atoms with van der Waals surface area (Å²) in [6, 6.07) is 0. The number of aliphatic imine (C=N–C) groups is 2. The van der Waals surface area contributed by atoms with Crippen LogP contribution in [0.25, 0.3) is 0 Å². The van der Waals surface area contributed by atoms with E-state index in [1.165, 1.54) is 12.2 Å². The topological polar surface area (TPSA) is 68.1 Å². The Hall–Kier alpha value is -1.28. The molecule has 0 aromatic carbocycles. The number of ether oxygens (including phenoxy) is 1. The summed E-state index contributed by atoms with van der Waals surface area (Å²) >= 11 is 0. The van der Waals surface area contributed by atoms with Gasteiger partial charge in [0.15, 0.2) is 0 Å². The zero-order chi connectivity index (χ0) is 11.4. The fourth-order valence-electron chi connectivity index (χ4n) is 1.24. The van der Waals surface area contributed by atoms with Crippen molar-refractivity contribution in [3.8, 4) is 0 Å². The average molecular weight is 212 g/mol. The maximum atomic E-state index is 9.83. The minimum absolute atomic E-state index is 0.113. The van der Waals surface area contributed by atoms with E-state index in [0.29, 0.717) is 13.1 Å². The molecule has 0 aliphatic carbocycles. The molecule has 0 aromatic heterocycles. The molecule has 1 unspecified atom stereocenters. The van der Waals surface area contributed by atoms with Crippen molar-refractivity contribution < 1.29 is 14.3 Å². The highest BCUT2D eigenvalue weighted by molar-refractivity contribution is 5.32. The van der Waals surface area contributed by atoms with Gasteiger partial charge in [0.2, 0.25) is 12.2 Å². The lowest BCUT2D eigenvalue weighted by molar-refractivity contribution is 0.0880. The van der Waals surface area contributed by atoms with E-state index < -0.39 is 0 Å². The van der Waals surface area contributed by atoms with E-state index in [9.17, 15) is 9.59 Å². The van der Waals surface area contributed by atoms with Gasteiger partial charge in [-0.1, -0.05) is 0 Å². The smallest absolute Gasteiger partial charge is 0.234 e. The van der Waals surface area contributed by atoms with E-state index in [4.69, 9.17) is 4.74 Å². The van der Waals surface area contributed by atoms with E-state index in [-0.39, 0.29) is 6.10 Å². The summed E-state index contributed by atoms with van der Waals surface area (Å²) in [5, 5.41) is 0. The van der Waals surface area contributed by atoms with Crippen LogP contribution in [0, 0.1) is 0 Å². The molecular formula is C10H16N2O3. The minimum Gasteiger partial charge on any atom is -0.381 e. The van der Waals surface area contributed by atoms with Gasteiger partial charge in [0, 0.05) is 7.11 Å². The third-order valence-corrected chi connectivity index (χ3v) is 2.07. The monoisotopic (exact) mass is 212 g/mol. The van der Waals surface area contributed by atoms with Crippen LogP contribution in [0.15, 0.2) is 9.98 Å². The Kier molecular flexibility index (Phi) is 9.88. The van der Waals surface area contributed by atoms with Crippen LogP contribution in [0.1, 0.15) is 25.7 Å². The molecule has 0 amide bonds. The summed E-state index contributed by atoms with van der Waals surface area (Å²) in [6.07, 6.45) is 6.51. The van der Waals surface area contributed by atoms with E-state index in [1.807, 2.05) is 0 Å². The molecule has 0 fully saturated rings. The first-order valence-corrected chi connectivity index (χ1v) is 4.95. The first-order valence-electron chi connectivity index (χ1n) is 4.95. The predicted octanol–water partition coefficient (Wildman–Crippen LogP) is 1.23. The Bertz CT molecular complexity index is 243. The van der Waals surface area contributed by atoms with Crippen LogP contribution in [0.2, 0.25) is 0 Å². The van der Waals surface area contributed by atoms with Gasteiger partial charge in [0.25, 0.3) is 0 Å². The van der Waals surface area contributed by atoms with Gasteiger partial charge in [0.05, 0.1) is 19.2 Å². The van der Waals surface area contributed by atoms with E-state index >= 15 is 0 Å². The number of carbonyl (C=O) groups excluding carboxylic acids is 2. The Balaban J connectivity index is 3.51. The van der Waals surface area contributed by atoms with Crippen molar-refractivity contribution in [3.63, 3.8) is 0 Å². The quantitative estimate of drug-likeness (QED) is 0.328. The molecule has 0 radical (unpaired) electrons. The molecule has 0 saturated heterocycles. The van der Waals surface area contributed by atoms with Crippen molar-refractivity contribution in [3.05, 3.63) is 0 Å². The van der Waals surface area contributed by atoms with Gasteiger partial charge in [-0.15, -0.1) is 0 Å². The van der Waals surface area contributed by atoms with Gasteiger partial charge in [-0.05, 0) is 25.7 Å². The van der Waals surface area contributed by atoms with Gasteiger partial charge in [-0.2, -0.15) is 0 Å². The Morgan fingerprint density at radius 2 is 1.73 bits per heavy atom. The molecule has 84 valence electrons. The van der Waals surface area contributed by atoms with Crippen LogP contribution in [0.3, 0.4) is 0 Å². The van der Waals surface area contributed by atoms with Crippen LogP contribution in [0.4, 0.5) is 0 Å². The highest BCUT2D eigenvalue weighted by Gasteiger charge is 2.05. The van der Waals surface area contributed by atoms with Crippen LogP contribution < -0.4 is 0 Å². The summed E-state index contributed by atoms with van der Waals surface area (Å²) < 4.78 is 5.21. The molecule has 0 N–H and O–H groups in total. The number of isocyanates is 2. The van der Waals surface area contributed by atoms with Crippen LogP contribution in [-0.4, -0.2) is 38.5 Å². The summed E-state index contributed by atoms with van der Waals surface area (Å²) in [7, 11) is 1.64. The molecule has 0 aromatic rings. The van der Waals surface area contributed by atoms with Gasteiger partial charge >= 0.3 is 0 Å². The maximum absolute atomic E-state index is 9.83. The summed E-state index contributed by atoms with van der Waals surface area (Å²) in [5.41, 5.74) is 0. The highest BCUT2D eigenvalue weighted by atomic mass is 16.5. The molecule has 0 spiro atoms. The lowest BCUT2D eigenvalue weighted by Crippen LogP contribution is -2.11. The Labute approximate surface area is 89.3 Å². The average Bonchev–Trinajstić information content (AvgIpc) is 2.26. The van der Waals surface area contributed by atoms with Gasteiger partial charge in [0.1, 0.15) is 0 Å². The van der Waals surface area contributed by atoms with E-state index in [1.54, 1.807) is 7.11 Å². The van der Waals surface area contributed by atoms with Crippen LogP contribution in [-0.2, 0) is 14.3 Å². The summed E-state index contributed by atoms with van der Waals surface area (Å²) in [5.74, 6) is 0. The number of rotatable bonds is 9. The Morgan fingerprint density at radius 3 is 2.33 bits per heavy atom. The zero-order valence-corrected chi connectivity index (χ0v) is 8.94. The van der Waals surface area contributed by atoms with Crippen LogP contribution in [0.5, 0.6) is 0 Å². The van der Waals surface area contributed by atoms with Crippen molar-refractivity contribution in [2.75, 3.05) is 20.2 Å². The van der Waals surface area contributed by atoms with E-state index in [0.717, 1.165) is 25.7 Å². The molecule has 0 aliphatic heterocycles. The number of nitrogens with zero attached hydrogens (tertiary/aromatic N) is 2. The van der Waals surface area contributed by atoms with Crippen molar-refractivity contribution in [2.24, 2.45) is 9.98 Å². The van der Waals surface area contributed by atoms with Gasteiger partial charge in [-0.3, -0.25) is 0 Å². The molecule has 5 heteroatoms. The molecule has 0 aliphatic rings. The largest absolute Gasteiger partial charge is 0.381 e. The zero-order valence-electron chi connectivity index (χ0n) is 8.94. The molecule has 1 atom stereocenters. The molecule has 0 heterocycles. The number of hydrogen-bond donors (Lipinski definition) is 0. The third-order valence-electron chi connectivity index (χ3n) is 2.07.